The first-order chi connectivity index (χ1) is 8.49. The maximum atomic E-state index is 13.8. The first-order valence-corrected chi connectivity index (χ1v) is 6.43. The van der Waals surface area contributed by atoms with Crippen LogP contribution in [0.1, 0.15) is 32.4 Å². The third-order valence-corrected chi connectivity index (χ3v) is 3.55. The Hall–Kier alpha value is -0.710. The number of nitrogens with one attached hydrogen (secondary N) is 1. The van der Waals surface area contributed by atoms with Gasteiger partial charge in [-0.05, 0) is 32.9 Å². The molecule has 1 aromatic rings. The molecule has 5 heteroatoms. The van der Waals surface area contributed by atoms with Crippen molar-refractivity contribution in [3.8, 4) is 0 Å². The number of piperazine rings is 1. The zero-order valence-electron chi connectivity index (χ0n) is 11.5. The van der Waals surface area contributed by atoms with Crippen molar-refractivity contribution in [2.75, 3.05) is 13.1 Å². The lowest BCUT2D eigenvalue weighted by Crippen LogP contribution is -2.54. The van der Waals surface area contributed by atoms with Crippen molar-refractivity contribution in [3.63, 3.8) is 0 Å². The number of nitrogens with zero attached hydrogens (tertiary/aromatic N) is 1. The monoisotopic (exact) mass is 290 g/mol. The summed E-state index contributed by atoms with van der Waals surface area (Å²) >= 11 is 0. The molecule has 2 rings (SSSR count). The van der Waals surface area contributed by atoms with E-state index in [1.807, 2.05) is 6.92 Å². The van der Waals surface area contributed by atoms with E-state index in [1.165, 1.54) is 18.2 Å². The van der Waals surface area contributed by atoms with Gasteiger partial charge in [0.05, 0.1) is 0 Å². The maximum Gasteiger partial charge on any atom is 0.130 e. The van der Waals surface area contributed by atoms with Crippen LogP contribution in [-0.2, 0) is 0 Å². The first-order valence-electron chi connectivity index (χ1n) is 6.43. The highest BCUT2D eigenvalue weighted by Crippen LogP contribution is 2.27. The van der Waals surface area contributed by atoms with Gasteiger partial charge < -0.3 is 5.32 Å². The minimum atomic E-state index is -0.457. The molecular formula is C14H21ClF2N2. The minimum absolute atomic E-state index is 0. The highest BCUT2D eigenvalue weighted by atomic mass is 35.5. The number of hydrogen-bond donors (Lipinski definition) is 1. The van der Waals surface area contributed by atoms with Crippen LogP contribution in [-0.4, -0.2) is 30.1 Å². The van der Waals surface area contributed by atoms with Crippen LogP contribution in [0, 0.1) is 11.6 Å². The van der Waals surface area contributed by atoms with Crippen LogP contribution in [0.2, 0.25) is 0 Å². The van der Waals surface area contributed by atoms with Crippen LogP contribution in [0.25, 0.3) is 0 Å². The lowest BCUT2D eigenvalue weighted by molar-refractivity contribution is 0.127. The second-order valence-electron chi connectivity index (χ2n) is 5.23. The molecule has 3 atom stereocenters. The van der Waals surface area contributed by atoms with Crippen LogP contribution in [0.15, 0.2) is 18.2 Å². The molecule has 1 aliphatic rings. The standard InChI is InChI=1S/C14H20F2N2.ClH/c1-9-7-18(8-10(2)17-9)11(3)14-12(15)5-4-6-13(14)16;/h4-6,9-11,17H,7-8H2,1-3H3;1H. The van der Waals surface area contributed by atoms with Crippen LogP contribution < -0.4 is 5.32 Å². The summed E-state index contributed by atoms with van der Waals surface area (Å²) in [5.74, 6) is -0.914. The molecule has 1 N–H and O–H groups in total. The first kappa shape index (κ1) is 16.3. The summed E-state index contributed by atoms with van der Waals surface area (Å²) in [6.45, 7) is 7.66. The van der Waals surface area contributed by atoms with E-state index in [4.69, 9.17) is 0 Å². The predicted molar refractivity (Wildman–Crippen MR) is 75.7 cm³/mol. The molecule has 1 saturated heterocycles. The van der Waals surface area contributed by atoms with Crippen molar-refractivity contribution in [1.82, 2.24) is 10.2 Å². The zero-order valence-corrected chi connectivity index (χ0v) is 12.3. The van der Waals surface area contributed by atoms with Crippen molar-refractivity contribution in [3.05, 3.63) is 35.4 Å². The van der Waals surface area contributed by atoms with E-state index in [-0.39, 0.29) is 24.0 Å². The van der Waals surface area contributed by atoms with E-state index in [2.05, 4.69) is 24.1 Å². The number of rotatable bonds is 2. The van der Waals surface area contributed by atoms with Gasteiger partial charge in [0.15, 0.2) is 0 Å². The van der Waals surface area contributed by atoms with E-state index < -0.39 is 11.6 Å². The van der Waals surface area contributed by atoms with Crippen molar-refractivity contribution in [2.45, 2.75) is 38.9 Å². The molecule has 1 fully saturated rings. The van der Waals surface area contributed by atoms with Crippen molar-refractivity contribution in [1.29, 1.82) is 0 Å². The largest absolute Gasteiger partial charge is 0.309 e. The zero-order chi connectivity index (χ0) is 13.3. The Labute approximate surface area is 119 Å². The normalized spacial score (nSPS) is 25.7. The maximum absolute atomic E-state index is 13.8. The second-order valence-corrected chi connectivity index (χ2v) is 5.23. The molecular weight excluding hydrogens is 270 g/mol. The SMILES string of the molecule is CC1CN(C(C)c2c(F)cccc2F)CC(C)N1.Cl. The smallest absolute Gasteiger partial charge is 0.130 e. The van der Waals surface area contributed by atoms with Gasteiger partial charge in [-0.3, -0.25) is 4.90 Å². The van der Waals surface area contributed by atoms with Crippen LogP contribution in [0.4, 0.5) is 8.78 Å². The quantitative estimate of drug-likeness (QED) is 0.900. The summed E-state index contributed by atoms with van der Waals surface area (Å²) in [5, 5.41) is 3.42. The van der Waals surface area contributed by atoms with Gasteiger partial charge >= 0.3 is 0 Å². The second kappa shape index (κ2) is 6.64. The molecule has 0 amide bonds. The van der Waals surface area contributed by atoms with E-state index in [1.54, 1.807) is 0 Å². The van der Waals surface area contributed by atoms with Crippen LogP contribution >= 0.6 is 12.4 Å². The molecule has 0 bridgehead atoms. The average molecular weight is 291 g/mol. The molecule has 0 spiro atoms. The molecule has 2 nitrogen and oxygen atoms in total. The topological polar surface area (TPSA) is 15.3 Å². The van der Waals surface area contributed by atoms with Crippen molar-refractivity contribution >= 4 is 12.4 Å². The summed E-state index contributed by atoms with van der Waals surface area (Å²) in [5.41, 5.74) is 0.179. The summed E-state index contributed by atoms with van der Waals surface area (Å²) in [7, 11) is 0. The van der Waals surface area contributed by atoms with Gasteiger partial charge in [0.2, 0.25) is 0 Å². The Balaban J connectivity index is 0.00000180. The van der Waals surface area contributed by atoms with Gasteiger partial charge in [-0.2, -0.15) is 0 Å². The average Bonchev–Trinajstić information content (AvgIpc) is 2.27. The van der Waals surface area contributed by atoms with Crippen LogP contribution in [0.3, 0.4) is 0 Å². The number of halogens is 3. The molecule has 19 heavy (non-hydrogen) atoms. The molecule has 1 heterocycles. The van der Waals surface area contributed by atoms with Gasteiger partial charge in [0.1, 0.15) is 11.6 Å². The Kier molecular flexibility index (Phi) is 5.71. The molecule has 108 valence electrons. The Morgan fingerprint density at radius 1 is 1.16 bits per heavy atom. The van der Waals surface area contributed by atoms with Gasteiger partial charge in [-0.15, -0.1) is 12.4 Å². The van der Waals surface area contributed by atoms with Crippen molar-refractivity contribution in [2.24, 2.45) is 0 Å². The van der Waals surface area contributed by atoms with E-state index in [9.17, 15) is 8.78 Å². The molecule has 0 radical (unpaired) electrons. The van der Waals surface area contributed by atoms with Gasteiger partial charge in [0, 0.05) is 36.8 Å². The number of benzene rings is 1. The summed E-state index contributed by atoms with van der Waals surface area (Å²) < 4.78 is 27.5. The molecule has 3 unspecified atom stereocenters. The molecule has 0 aliphatic carbocycles. The summed E-state index contributed by atoms with van der Waals surface area (Å²) in [6, 6.07) is 4.49. The summed E-state index contributed by atoms with van der Waals surface area (Å²) in [4.78, 5) is 2.13. The highest BCUT2D eigenvalue weighted by molar-refractivity contribution is 5.85. The predicted octanol–water partition coefficient (Wildman–Crippen LogP) is 3.13. The third kappa shape index (κ3) is 3.65. The van der Waals surface area contributed by atoms with E-state index in [0.29, 0.717) is 12.1 Å². The molecule has 0 aromatic heterocycles. The van der Waals surface area contributed by atoms with Gasteiger partial charge in [0.25, 0.3) is 0 Å². The lowest BCUT2D eigenvalue weighted by atomic mass is 10.0. The Morgan fingerprint density at radius 3 is 2.11 bits per heavy atom. The van der Waals surface area contributed by atoms with E-state index >= 15 is 0 Å². The minimum Gasteiger partial charge on any atom is -0.309 e. The fourth-order valence-electron chi connectivity index (χ4n) is 2.78. The van der Waals surface area contributed by atoms with Crippen LogP contribution in [0.5, 0.6) is 0 Å². The highest BCUT2D eigenvalue weighted by Gasteiger charge is 2.28. The Morgan fingerprint density at radius 2 is 1.63 bits per heavy atom. The van der Waals surface area contributed by atoms with Gasteiger partial charge in [-0.1, -0.05) is 6.07 Å². The van der Waals surface area contributed by atoms with Gasteiger partial charge in [-0.25, -0.2) is 8.78 Å². The third-order valence-electron chi connectivity index (χ3n) is 3.55. The Bertz CT molecular complexity index is 398. The molecule has 1 aliphatic heterocycles. The fraction of sp³-hybridized carbons (Fsp3) is 0.571. The lowest BCUT2D eigenvalue weighted by Gasteiger charge is -2.39. The van der Waals surface area contributed by atoms with Crippen molar-refractivity contribution < 1.29 is 8.78 Å². The molecule has 0 saturated carbocycles. The number of hydrogen-bond acceptors (Lipinski definition) is 2. The van der Waals surface area contributed by atoms with E-state index in [0.717, 1.165) is 13.1 Å². The summed E-state index contributed by atoms with van der Waals surface area (Å²) in [6.07, 6.45) is 0. The molecule has 1 aromatic carbocycles. The fourth-order valence-corrected chi connectivity index (χ4v) is 2.78.